The highest BCUT2D eigenvalue weighted by molar-refractivity contribution is 6.31. The molecule has 7 nitrogen and oxygen atoms in total. The molecule has 2 aromatic heterocycles. The van der Waals surface area contributed by atoms with Crippen LogP contribution in [0.15, 0.2) is 42.7 Å². The van der Waals surface area contributed by atoms with Crippen molar-refractivity contribution in [1.29, 1.82) is 0 Å². The van der Waals surface area contributed by atoms with Gasteiger partial charge in [-0.2, -0.15) is 0 Å². The van der Waals surface area contributed by atoms with Crippen molar-refractivity contribution in [1.82, 2.24) is 30.0 Å². The largest absolute Gasteiger partial charge is 0.345 e. The SMILES string of the molecule is O=C(NCc1nnc2n1CCN(Cc1c(F)cccc1Cl)CC2)c1ccncc1. The van der Waals surface area contributed by atoms with E-state index in [-0.39, 0.29) is 18.3 Å². The van der Waals surface area contributed by atoms with Crippen LogP contribution in [0.3, 0.4) is 0 Å². The van der Waals surface area contributed by atoms with E-state index in [9.17, 15) is 9.18 Å². The molecule has 3 heterocycles. The van der Waals surface area contributed by atoms with E-state index in [0.29, 0.717) is 48.0 Å². The Morgan fingerprint density at radius 2 is 1.97 bits per heavy atom. The van der Waals surface area contributed by atoms with Gasteiger partial charge in [-0.05, 0) is 24.3 Å². The zero-order chi connectivity index (χ0) is 20.2. The normalized spacial score (nSPS) is 14.3. The van der Waals surface area contributed by atoms with Crippen LogP contribution >= 0.6 is 11.6 Å². The molecular weight excluding hydrogens is 395 g/mol. The number of rotatable bonds is 5. The third-order valence-corrected chi connectivity index (χ3v) is 5.34. The minimum atomic E-state index is -0.291. The number of carbonyl (C=O) groups excluding carboxylic acids is 1. The van der Waals surface area contributed by atoms with Crippen molar-refractivity contribution in [2.24, 2.45) is 0 Å². The lowest BCUT2D eigenvalue weighted by atomic mass is 10.2. The molecule has 150 valence electrons. The van der Waals surface area contributed by atoms with Crippen LogP contribution in [-0.2, 0) is 26.1 Å². The number of aromatic nitrogens is 4. The second-order valence-electron chi connectivity index (χ2n) is 6.83. The third kappa shape index (κ3) is 4.44. The number of hydrogen-bond acceptors (Lipinski definition) is 5. The van der Waals surface area contributed by atoms with E-state index >= 15 is 0 Å². The molecule has 29 heavy (non-hydrogen) atoms. The highest BCUT2D eigenvalue weighted by Crippen LogP contribution is 2.22. The van der Waals surface area contributed by atoms with E-state index in [4.69, 9.17) is 11.6 Å². The second kappa shape index (κ2) is 8.67. The Hall–Kier alpha value is -2.84. The summed E-state index contributed by atoms with van der Waals surface area (Å²) in [6.45, 7) is 2.83. The number of fused-ring (bicyclic) bond motifs is 1. The first-order valence-corrected chi connectivity index (χ1v) is 9.74. The Balaban J connectivity index is 1.40. The molecule has 0 saturated heterocycles. The zero-order valence-corrected chi connectivity index (χ0v) is 16.4. The van der Waals surface area contributed by atoms with Crippen molar-refractivity contribution >= 4 is 17.5 Å². The van der Waals surface area contributed by atoms with Gasteiger partial charge in [0, 0.05) is 61.1 Å². The quantitative estimate of drug-likeness (QED) is 0.694. The number of halogens is 2. The summed E-state index contributed by atoms with van der Waals surface area (Å²) in [5.41, 5.74) is 1.06. The molecule has 1 aliphatic heterocycles. The molecule has 0 fully saturated rings. The van der Waals surface area contributed by atoms with Crippen LogP contribution < -0.4 is 5.32 Å². The summed E-state index contributed by atoms with van der Waals surface area (Å²) in [6, 6.07) is 8.06. The summed E-state index contributed by atoms with van der Waals surface area (Å²) in [7, 11) is 0. The summed E-state index contributed by atoms with van der Waals surface area (Å²) >= 11 is 6.17. The fourth-order valence-electron chi connectivity index (χ4n) is 3.39. The van der Waals surface area contributed by atoms with Crippen molar-refractivity contribution in [3.05, 3.63) is 76.3 Å². The second-order valence-corrected chi connectivity index (χ2v) is 7.24. The number of nitrogens with zero attached hydrogens (tertiary/aromatic N) is 5. The van der Waals surface area contributed by atoms with E-state index in [1.54, 1.807) is 36.7 Å². The van der Waals surface area contributed by atoms with Gasteiger partial charge in [0.05, 0.1) is 6.54 Å². The van der Waals surface area contributed by atoms with E-state index < -0.39 is 0 Å². The Morgan fingerprint density at radius 1 is 1.14 bits per heavy atom. The third-order valence-electron chi connectivity index (χ3n) is 4.99. The molecule has 0 aliphatic carbocycles. The molecule has 0 spiro atoms. The van der Waals surface area contributed by atoms with E-state index in [2.05, 4.69) is 25.4 Å². The summed E-state index contributed by atoms with van der Waals surface area (Å²) in [5.74, 6) is 1.09. The van der Waals surface area contributed by atoms with Crippen LogP contribution in [0, 0.1) is 5.82 Å². The summed E-state index contributed by atoms with van der Waals surface area (Å²) in [4.78, 5) is 18.3. The summed E-state index contributed by atoms with van der Waals surface area (Å²) in [6.07, 6.45) is 3.85. The van der Waals surface area contributed by atoms with Crippen LogP contribution in [-0.4, -0.2) is 43.6 Å². The van der Waals surface area contributed by atoms with Gasteiger partial charge in [0.1, 0.15) is 11.6 Å². The minimum absolute atomic E-state index is 0.186. The lowest BCUT2D eigenvalue weighted by molar-refractivity contribution is 0.0949. The van der Waals surface area contributed by atoms with E-state index in [0.717, 1.165) is 12.4 Å². The lowest BCUT2D eigenvalue weighted by Crippen LogP contribution is -2.28. The number of nitrogens with one attached hydrogen (secondary N) is 1. The molecular formula is C20H20ClFN6O. The average molecular weight is 415 g/mol. The average Bonchev–Trinajstić information content (AvgIpc) is 3.01. The molecule has 0 radical (unpaired) electrons. The molecule has 3 aromatic rings. The molecule has 0 saturated carbocycles. The van der Waals surface area contributed by atoms with Crippen molar-refractivity contribution in [2.75, 3.05) is 13.1 Å². The van der Waals surface area contributed by atoms with Gasteiger partial charge in [-0.25, -0.2) is 4.39 Å². The maximum atomic E-state index is 14.1. The van der Waals surface area contributed by atoms with Gasteiger partial charge >= 0.3 is 0 Å². The van der Waals surface area contributed by atoms with Gasteiger partial charge in [0.2, 0.25) is 0 Å². The summed E-state index contributed by atoms with van der Waals surface area (Å²) in [5, 5.41) is 11.8. The van der Waals surface area contributed by atoms with Gasteiger partial charge in [-0.1, -0.05) is 17.7 Å². The molecule has 1 N–H and O–H groups in total. The molecule has 0 bridgehead atoms. The van der Waals surface area contributed by atoms with Gasteiger partial charge < -0.3 is 9.88 Å². The van der Waals surface area contributed by atoms with Crippen LogP contribution in [0.2, 0.25) is 5.02 Å². The molecule has 4 rings (SSSR count). The van der Waals surface area contributed by atoms with Crippen molar-refractivity contribution in [2.45, 2.75) is 26.1 Å². The maximum Gasteiger partial charge on any atom is 0.251 e. The van der Waals surface area contributed by atoms with Gasteiger partial charge in [0.15, 0.2) is 5.82 Å². The molecule has 1 amide bonds. The first kappa shape index (κ1) is 19.5. The number of amides is 1. The fourth-order valence-corrected chi connectivity index (χ4v) is 3.61. The Kier molecular flexibility index (Phi) is 5.82. The maximum absolute atomic E-state index is 14.1. The van der Waals surface area contributed by atoms with Crippen molar-refractivity contribution in [3.8, 4) is 0 Å². The Morgan fingerprint density at radius 3 is 2.76 bits per heavy atom. The number of carbonyl (C=O) groups is 1. The first-order valence-electron chi connectivity index (χ1n) is 9.36. The van der Waals surface area contributed by atoms with E-state index in [1.165, 1.54) is 6.07 Å². The summed E-state index contributed by atoms with van der Waals surface area (Å²) < 4.78 is 16.1. The number of benzene rings is 1. The molecule has 1 aliphatic rings. The highest BCUT2D eigenvalue weighted by atomic mass is 35.5. The predicted octanol–water partition coefficient (Wildman–Crippen LogP) is 2.45. The minimum Gasteiger partial charge on any atom is -0.345 e. The first-order chi connectivity index (χ1) is 14.1. The highest BCUT2D eigenvalue weighted by Gasteiger charge is 2.20. The monoisotopic (exact) mass is 414 g/mol. The van der Waals surface area contributed by atoms with Crippen LogP contribution in [0.5, 0.6) is 0 Å². The van der Waals surface area contributed by atoms with Gasteiger partial charge in [-0.3, -0.25) is 14.7 Å². The molecule has 0 unspecified atom stereocenters. The lowest BCUT2D eigenvalue weighted by Gasteiger charge is -2.20. The number of hydrogen-bond donors (Lipinski definition) is 1. The molecule has 1 aromatic carbocycles. The topological polar surface area (TPSA) is 75.9 Å². The molecule has 9 heteroatoms. The van der Waals surface area contributed by atoms with Crippen LogP contribution in [0.4, 0.5) is 4.39 Å². The van der Waals surface area contributed by atoms with Crippen LogP contribution in [0.1, 0.15) is 27.6 Å². The van der Waals surface area contributed by atoms with Gasteiger partial charge in [0.25, 0.3) is 5.91 Å². The van der Waals surface area contributed by atoms with Crippen molar-refractivity contribution < 1.29 is 9.18 Å². The van der Waals surface area contributed by atoms with Crippen LogP contribution in [0.25, 0.3) is 0 Å². The predicted molar refractivity (Wildman–Crippen MR) is 106 cm³/mol. The van der Waals surface area contributed by atoms with Crippen molar-refractivity contribution in [3.63, 3.8) is 0 Å². The zero-order valence-electron chi connectivity index (χ0n) is 15.7. The smallest absolute Gasteiger partial charge is 0.251 e. The Labute approximate surface area is 172 Å². The van der Waals surface area contributed by atoms with E-state index in [1.807, 2.05) is 4.57 Å². The standard InChI is InChI=1S/C20H20ClFN6O/c21-16-2-1-3-17(22)15(16)13-27-9-6-18-25-26-19(28(18)11-10-27)12-24-20(29)14-4-7-23-8-5-14/h1-5,7-8H,6,9-13H2,(H,24,29). The van der Waals surface area contributed by atoms with Gasteiger partial charge in [-0.15, -0.1) is 10.2 Å². The fraction of sp³-hybridized carbons (Fsp3) is 0.300. The number of pyridine rings is 1. The molecule has 0 atom stereocenters. The Bertz CT molecular complexity index is 989.